The molecule has 1 saturated heterocycles. The highest BCUT2D eigenvalue weighted by atomic mass is 16.6. The molecular weight excluding hydrogens is 298 g/mol. The van der Waals surface area contributed by atoms with E-state index in [2.05, 4.69) is 5.32 Å². The van der Waals surface area contributed by atoms with Crippen molar-refractivity contribution in [2.24, 2.45) is 5.92 Å². The normalized spacial score (nSPS) is 19.4. The minimum absolute atomic E-state index is 0.0682. The standard InChI is InChI=1S/C17H21NO5/c19-14(2-4-17(20)18-10-12-5-6-21-11-12)13-1-3-15-16(9-13)23-8-7-22-15/h1,3,9,12H,2,4-8,10-11H2,(H,18,20). The summed E-state index contributed by atoms with van der Waals surface area (Å²) in [5, 5.41) is 2.87. The molecule has 1 atom stereocenters. The van der Waals surface area contributed by atoms with Crippen LogP contribution >= 0.6 is 0 Å². The average Bonchev–Trinajstić information content (AvgIpc) is 3.11. The Labute approximate surface area is 135 Å². The smallest absolute Gasteiger partial charge is 0.220 e. The van der Waals surface area contributed by atoms with Crippen LogP contribution in [0.1, 0.15) is 29.6 Å². The lowest BCUT2D eigenvalue weighted by molar-refractivity contribution is -0.121. The molecule has 0 spiro atoms. The van der Waals surface area contributed by atoms with E-state index in [1.807, 2.05) is 0 Å². The van der Waals surface area contributed by atoms with E-state index in [0.717, 1.165) is 13.0 Å². The van der Waals surface area contributed by atoms with Crippen molar-refractivity contribution in [3.05, 3.63) is 23.8 Å². The van der Waals surface area contributed by atoms with Crippen LogP contribution in [0.25, 0.3) is 0 Å². The lowest BCUT2D eigenvalue weighted by Crippen LogP contribution is -2.29. The van der Waals surface area contributed by atoms with Crippen LogP contribution in [0.4, 0.5) is 0 Å². The maximum absolute atomic E-state index is 12.2. The van der Waals surface area contributed by atoms with Gasteiger partial charge in [0.05, 0.1) is 6.61 Å². The summed E-state index contributed by atoms with van der Waals surface area (Å²) in [4.78, 5) is 24.0. The van der Waals surface area contributed by atoms with Crippen molar-refractivity contribution in [2.45, 2.75) is 19.3 Å². The number of ether oxygens (including phenoxy) is 3. The number of fused-ring (bicyclic) bond motifs is 1. The van der Waals surface area contributed by atoms with Crippen LogP contribution in [0, 0.1) is 5.92 Å². The number of nitrogens with one attached hydrogen (secondary N) is 1. The monoisotopic (exact) mass is 319 g/mol. The van der Waals surface area contributed by atoms with Gasteiger partial charge < -0.3 is 19.5 Å². The molecule has 0 bridgehead atoms. The molecule has 3 rings (SSSR count). The predicted octanol–water partition coefficient (Wildman–Crippen LogP) is 1.57. The van der Waals surface area contributed by atoms with Crippen molar-refractivity contribution < 1.29 is 23.8 Å². The van der Waals surface area contributed by atoms with Gasteiger partial charge in [0.1, 0.15) is 13.2 Å². The molecular formula is C17H21NO5. The van der Waals surface area contributed by atoms with E-state index in [-0.39, 0.29) is 24.5 Å². The molecule has 1 aromatic carbocycles. The number of hydrogen-bond acceptors (Lipinski definition) is 5. The zero-order valence-corrected chi connectivity index (χ0v) is 13.0. The highest BCUT2D eigenvalue weighted by Gasteiger charge is 2.18. The summed E-state index contributed by atoms with van der Waals surface area (Å²) in [5.74, 6) is 1.48. The van der Waals surface area contributed by atoms with Crippen molar-refractivity contribution in [1.82, 2.24) is 5.32 Å². The van der Waals surface area contributed by atoms with Crippen molar-refractivity contribution in [1.29, 1.82) is 0 Å². The highest BCUT2D eigenvalue weighted by Crippen LogP contribution is 2.31. The van der Waals surface area contributed by atoms with Crippen molar-refractivity contribution in [3.63, 3.8) is 0 Å². The van der Waals surface area contributed by atoms with Crippen molar-refractivity contribution in [2.75, 3.05) is 33.0 Å². The van der Waals surface area contributed by atoms with Gasteiger partial charge in [-0.05, 0) is 24.6 Å². The summed E-state index contributed by atoms with van der Waals surface area (Å²) in [5.41, 5.74) is 0.547. The molecule has 0 saturated carbocycles. The quantitative estimate of drug-likeness (QED) is 0.806. The first kappa shape index (κ1) is 15.8. The number of hydrogen-bond donors (Lipinski definition) is 1. The molecule has 0 aliphatic carbocycles. The van der Waals surface area contributed by atoms with Gasteiger partial charge in [0.25, 0.3) is 0 Å². The molecule has 0 radical (unpaired) electrons. The molecule has 1 amide bonds. The molecule has 1 aromatic rings. The zero-order chi connectivity index (χ0) is 16.1. The molecule has 6 nitrogen and oxygen atoms in total. The maximum atomic E-state index is 12.2. The van der Waals surface area contributed by atoms with Crippen LogP contribution in [-0.2, 0) is 9.53 Å². The van der Waals surface area contributed by atoms with Crippen LogP contribution in [-0.4, -0.2) is 44.7 Å². The second-order valence-electron chi connectivity index (χ2n) is 5.82. The second-order valence-corrected chi connectivity index (χ2v) is 5.82. The third kappa shape index (κ3) is 4.22. The van der Waals surface area contributed by atoms with E-state index in [4.69, 9.17) is 14.2 Å². The molecule has 23 heavy (non-hydrogen) atoms. The lowest BCUT2D eigenvalue weighted by atomic mass is 10.1. The number of amides is 1. The summed E-state index contributed by atoms with van der Waals surface area (Å²) < 4.78 is 16.2. The van der Waals surface area contributed by atoms with E-state index < -0.39 is 0 Å². The van der Waals surface area contributed by atoms with E-state index >= 15 is 0 Å². The van der Waals surface area contributed by atoms with Crippen LogP contribution in [0.2, 0.25) is 0 Å². The Balaban J connectivity index is 1.46. The zero-order valence-electron chi connectivity index (χ0n) is 13.0. The van der Waals surface area contributed by atoms with E-state index in [0.29, 0.717) is 49.3 Å². The first-order valence-electron chi connectivity index (χ1n) is 7.99. The summed E-state index contributed by atoms with van der Waals surface area (Å²) in [6.07, 6.45) is 1.36. The van der Waals surface area contributed by atoms with Gasteiger partial charge in [-0.2, -0.15) is 0 Å². The molecule has 6 heteroatoms. The van der Waals surface area contributed by atoms with Gasteiger partial charge in [-0.15, -0.1) is 0 Å². The summed E-state index contributed by atoms with van der Waals surface area (Å²) >= 11 is 0. The molecule has 2 aliphatic rings. The van der Waals surface area contributed by atoms with Gasteiger partial charge in [0.2, 0.25) is 5.91 Å². The number of benzene rings is 1. The van der Waals surface area contributed by atoms with Gasteiger partial charge >= 0.3 is 0 Å². The van der Waals surface area contributed by atoms with E-state index in [1.165, 1.54) is 0 Å². The summed E-state index contributed by atoms with van der Waals surface area (Å²) in [6, 6.07) is 5.14. The summed E-state index contributed by atoms with van der Waals surface area (Å²) in [7, 11) is 0. The average molecular weight is 319 g/mol. The molecule has 1 unspecified atom stereocenters. The van der Waals surface area contributed by atoms with Crippen LogP contribution in [0.3, 0.4) is 0 Å². The Morgan fingerprint density at radius 2 is 1.91 bits per heavy atom. The molecule has 1 fully saturated rings. The van der Waals surface area contributed by atoms with Gasteiger partial charge in [0, 0.05) is 37.5 Å². The van der Waals surface area contributed by atoms with Crippen molar-refractivity contribution in [3.8, 4) is 11.5 Å². The minimum atomic E-state index is -0.0946. The topological polar surface area (TPSA) is 73.9 Å². The fraction of sp³-hybridized carbons (Fsp3) is 0.529. The molecule has 2 heterocycles. The van der Waals surface area contributed by atoms with Crippen molar-refractivity contribution >= 4 is 11.7 Å². The second kappa shape index (κ2) is 7.46. The van der Waals surface area contributed by atoms with Gasteiger partial charge in [-0.3, -0.25) is 9.59 Å². The van der Waals surface area contributed by atoms with Gasteiger partial charge in [0.15, 0.2) is 17.3 Å². The van der Waals surface area contributed by atoms with Gasteiger partial charge in [-0.25, -0.2) is 0 Å². The Morgan fingerprint density at radius 1 is 1.09 bits per heavy atom. The van der Waals surface area contributed by atoms with Crippen LogP contribution < -0.4 is 14.8 Å². The first-order valence-corrected chi connectivity index (χ1v) is 7.99. The molecule has 2 aliphatic heterocycles. The Hall–Kier alpha value is -2.08. The third-order valence-corrected chi connectivity index (χ3v) is 4.06. The number of ketones is 1. The van der Waals surface area contributed by atoms with E-state index in [9.17, 15) is 9.59 Å². The Kier molecular flexibility index (Phi) is 5.12. The first-order chi connectivity index (χ1) is 11.2. The largest absolute Gasteiger partial charge is 0.486 e. The van der Waals surface area contributed by atoms with E-state index in [1.54, 1.807) is 18.2 Å². The SMILES string of the molecule is O=C(CCC(=O)c1ccc2c(c1)OCCO2)NCC1CCOC1. The number of carbonyl (C=O) groups is 2. The lowest BCUT2D eigenvalue weighted by Gasteiger charge is -2.18. The fourth-order valence-corrected chi connectivity index (χ4v) is 2.68. The molecule has 0 aromatic heterocycles. The molecule has 124 valence electrons. The number of carbonyl (C=O) groups excluding carboxylic acids is 2. The highest BCUT2D eigenvalue weighted by molar-refractivity contribution is 5.98. The van der Waals surface area contributed by atoms with Gasteiger partial charge in [-0.1, -0.05) is 0 Å². The molecule has 1 N–H and O–H groups in total. The van der Waals surface area contributed by atoms with Crippen LogP contribution in [0.5, 0.6) is 11.5 Å². The Bertz CT molecular complexity index is 580. The van der Waals surface area contributed by atoms with Crippen LogP contribution in [0.15, 0.2) is 18.2 Å². The Morgan fingerprint density at radius 3 is 2.70 bits per heavy atom. The third-order valence-electron chi connectivity index (χ3n) is 4.06. The maximum Gasteiger partial charge on any atom is 0.220 e. The number of rotatable bonds is 6. The summed E-state index contributed by atoms with van der Waals surface area (Å²) in [6.45, 7) is 3.10. The predicted molar refractivity (Wildman–Crippen MR) is 82.9 cm³/mol. The fourth-order valence-electron chi connectivity index (χ4n) is 2.68. The number of Topliss-reactive ketones (excluding diaryl/α,β-unsaturated/α-hetero) is 1. The minimum Gasteiger partial charge on any atom is -0.486 e.